The maximum atomic E-state index is 12.3. The Labute approximate surface area is 155 Å². The highest BCUT2D eigenvalue weighted by Crippen LogP contribution is 2.22. The second-order valence-electron chi connectivity index (χ2n) is 5.51. The molecule has 7 heteroatoms. The molecule has 0 saturated heterocycles. The van der Waals surface area contributed by atoms with Crippen LogP contribution in [0.2, 0.25) is 0 Å². The maximum Gasteiger partial charge on any atom is 0.252 e. The van der Waals surface area contributed by atoms with Gasteiger partial charge in [0.15, 0.2) is 0 Å². The predicted octanol–water partition coefficient (Wildman–Crippen LogP) is 2.45. The Hall–Kier alpha value is -1.24. The lowest BCUT2D eigenvalue weighted by atomic mass is 10.2. The molecule has 0 aliphatic carbocycles. The standard InChI is InChI=1S/C17H27N3O2S.ClH/c1-4-9-18-10-11-19-17(22)14-7-5-6-8-15(14)23-12-16(21)20-13(2)3;/h5-8,13,18H,4,9-12H2,1-3H3,(H,19,22)(H,20,21);1H. The molecule has 1 aromatic carbocycles. The summed E-state index contributed by atoms with van der Waals surface area (Å²) in [5.41, 5.74) is 0.616. The van der Waals surface area contributed by atoms with Crippen LogP contribution >= 0.6 is 24.2 Å². The molecule has 0 aliphatic rings. The van der Waals surface area contributed by atoms with Gasteiger partial charge in [0.05, 0.1) is 11.3 Å². The maximum absolute atomic E-state index is 12.3. The van der Waals surface area contributed by atoms with Crippen molar-refractivity contribution in [2.45, 2.75) is 38.1 Å². The first-order chi connectivity index (χ1) is 11.0. The van der Waals surface area contributed by atoms with E-state index in [0.29, 0.717) is 17.9 Å². The summed E-state index contributed by atoms with van der Waals surface area (Å²) in [4.78, 5) is 24.8. The van der Waals surface area contributed by atoms with Gasteiger partial charge in [-0.3, -0.25) is 9.59 Å². The zero-order valence-electron chi connectivity index (χ0n) is 14.6. The third-order valence-electron chi connectivity index (χ3n) is 2.95. The molecule has 0 unspecified atom stereocenters. The van der Waals surface area contributed by atoms with E-state index in [0.717, 1.165) is 24.4 Å². The van der Waals surface area contributed by atoms with Gasteiger partial charge in [0, 0.05) is 24.0 Å². The Morgan fingerprint density at radius 2 is 1.83 bits per heavy atom. The summed E-state index contributed by atoms with van der Waals surface area (Å²) in [5.74, 6) is 0.181. The second-order valence-corrected chi connectivity index (χ2v) is 6.53. The number of halogens is 1. The summed E-state index contributed by atoms with van der Waals surface area (Å²) >= 11 is 1.38. The van der Waals surface area contributed by atoms with E-state index < -0.39 is 0 Å². The van der Waals surface area contributed by atoms with Crippen LogP contribution in [-0.4, -0.2) is 43.2 Å². The normalized spacial score (nSPS) is 10.2. The van der Waals surface area contributed by atoms with Gasteiger partial charge in [-0.05, 0) is 38.9 Å². The van der Waals surface area contributed by atoms with Gasteiger partial charge in [-0.25, -0.2) is 0 Å². The van der Waals surface area contributed by atoms with Gasteiger partial charge < -0.3 is 16.0 Å². The average molecular weight is 374 g/mol. The molecule has 1 aromatic rings. The Kier molecular flexibility index (Phi) is 12.4. The third-order valence-corrected chi connectivity index (χ3v) is 4.03. The Morgan fingerprint density at radius 1 is 1.12 bits per heavy atom. The zero-order chi connectivity index (χ0) is 17.1. The van der Waals surface area contributed by atoms with E-state index >= 15 is 0 Å². The SMILES string of the molecule is CCCNCCNC(=O)c1ccccc1SCC(=O)NC(C)C.Cl. The molecule has 1 rings (SSSR count). The highest BCUT2D eigenvalue weighted by atomic mass is 35.5. The van der Waals surface area contributed by atoms with E-state index in [1.165, 1.54) is 11.8 Å². The fraction of sp³-hybridized carbons (Fsp3) is 0.529. The van der Waals surface area contributed by atoms with E-state index in [2.05, 4.69) is 22.9 Å². The minimum atomic E-state index is -0.101. The fourth-order valence-corrected chi connectivity index (χ4v) is 2.81. The number of hydrogen-bond acceptors (Lipinski definition) is 4. The van der Waals surface area contributed by atoms with Gasteiger partial charge in [0.25, 0.3) is 5.91 Å². The average Bonchev–Trinajstić information content (AvgIpc) is 2.52. The Balaban J connectivity index is 0.00000529. The molecule has 24 heavy (non-hydrogen) atoms. The second kappa shape index (κ2) is 13.1. The molecule has 0 saturated carbocycles. The molecule has 0 spiro atoms. The van der Waals surface area contributed by atoms with Crippen molar-refractivity contribution in [1.29, 1.82) is 0 Å². The number of thioether (sulfide) groups is 1. The summed E-state index contributed by atoms with van der Waals surface area (Å²) in [6.45, 7) is 8.26. The number of rotatable bonds is 10. The van der Waals surface area contributed by atoms with E-state index in [1.54, 1.807) is 6.07 Å². The van der Waals surface area contributed by atoms with Crippen molar-refractivity contribution in [3.8, 4) is 0 Å². The van der Waals surface area contributed by atoms with Crippen LogP contribution in [0.4, 0.5) is 0 Å². The van der Waals surface area contributed by atoms with Crippen molar-refractivity contribution >= 4 is 36.0 Å². The van der Waals surface area contributed by atoms with Crippen molar-refractivity contribution in [2.24, 2.45) is 0 Å². The molecule has 0 bridgehead atoms. The Morgan fingerprint density at radius 3 is 2.50 bits per heavy atom. The molecule has 2 amide bonds. The number of carbonyl (C=O) groups excluding carboxylic acids is 2. The fourth-order valence-electron chi connectivity index (χ4n) is 1.95. The highest BCUT2D eigenvalue weighted by molar-refractivity contribution is 8.00. The number of amides is 2. The van der Waals surface area contributed by atoms with E-state index in [4.69, 9.17) is 0 Å². The number of benzene rings is 1. The van der Waals surface area contributed by atoms with Crippen LogP contribution in [0.3, 0.4) is 0 Å². The molecule has 0 radical (unpaired) electrons. The topological polar surface area (TPSA) is 70.2 Å². The van der Waals surface area contributed by atoms with Gasteiger partial charge in [-0.2, -0.15) is 0 Å². The van der Waals surface area contributed by atoms with Gasteiger partial charge in [-0.1, -0.05) is 19.1 Å². The van der Waals surface area contributed by atoms with Crippen LogP contribution in [0.5, 0.6) is 0 Å². The molecular weight excluding hydrogens is 346 g/mol. The lowest BCUT2D eigenvalue weighted by molar-refractivity contribution is -0.119. The number of nitrogens with one attached hydrogen (secondary N) is 3. The third kappa shape index (κ3) is 9.15. The first-order valence-corrected chi connectivity index (χ1v) is 9.03. The van der Waals surface area contributed by atoms with Crippen LogP contribution in [0.1, 0.15) is 37.6 Å². The van der Waals surface area contributed by atoms with Gasteiger partial charge in [0.2, 0.25) is 5.91 Å². The van der Waals surface area contributed by atoms with Crippen LogP contribution in [0.25, 0.3) is 0 Å². The molecule has 136 valence electrons. The molecule has 0 atom stereocenters. The monoisotopic (exact) mass is 373 g/mol. The lowest BCUT2D eigenvalue weighted by Crippen LogP contribution is -2.32. The van der Waals surface area contributed by atoms with Crippen LogP contribution in [-0.2, 0) is 4.79 Å². The van der Waals surface area contributed by atoms with Crippen LogP contribution in [0.15, 0.2) is 29.2 Å². The quantitative estimate of drug-likeness (QED) is 0.435. The summed E-state index contributed by atoms with van der Waals surface area (Å²) in [7, 11) is 0. The molecular formula is C17H28ClN3O2S. The van der Waals surface area contributed by atoms with Crippen molar-refractivity contribution in [3.05, 3.63) is 29.8 Å². The van der Waals surface area contributed by atoms with Gasteiger partial charge >= 0.3 is 0 Å². The largest absolute Gasteiger partial charge is 0.353 e. The smallest absolute Gasteiger partial charge is 0.252 e. The highest BCUT2D eigenvalue weighted by Gasteiger charge is 2.12. The number of hydrogen-bond donors (Lipinski definition) is 3. The van der Waals surface area contributed by atoms with E-state index in [9.17, 15) is 9.59 Å². The predicted molar refractivity (Wildman–Crippen MR) is 103 cm³/mol. The molecule has 0 fully saturated rings. The van der Waals surface area contributed by atoms with E-state index in [1.807, 2.05) is 32.0 Å². The van der Waals surface area contributed by atoms with Crippen molar-refractivity contribution < 1.29 is 9.59 Å². The van der Waals surface area contributed by atoms with Gasteiger partial charge in [0.1, 0.15) is 0 Å². The molecule has 0 aromatic heterocycles. The van der Waals surface area contributed by atoms with Crippen LogP contribution in [0, 0.1) is 0 Å². The van der Waals surface area contributed by atoms with Crippen LogP contribution < -0.4 is 16.0 Å². The van der Waals surface area contributed by atoms with Gasteiger partial charge in [-0.15, -0.1) is 24.2 Å². The zero-order valence-corrected chi connectivity index (χ0v) is 16.2. The first kappa shape index (κ1) is 22.8. The molecule has 5 nitrogen and oxygen atoms in total. The van der Waals surface area contributed by atoms with Crippen molar-refractivity contribution in [3.63, 3.8) is 0 Å². The van der Waals surface area contributed by atoms with E-state index in [-0.39, 0.29) is 30.3 Å². The first-order valence-electron chi connectivity index (χ1n) is 8.04. The minimum Gasteiger partial charge on any atom is -0.353 e. The summed E-state index contributed by atoms with van der Waals surface area (Å²) in [6, 6.07) is 7.50. The molecule has 0 heterocycles. The Bertz CT molecular complexity index is 512. The minimum absolute atomic E-state index is 0. The van der Waals surface area contributed by atoms with Crippen molar-refractivity contribution in [1.82, 2.24) is 16.0 Å². The summed E-state index contributed by atoms with van der Waals surface area (Å²) in [6.07, 6.45) is 1.08. The number of carbonyl (C=O) groups is 2. The summed E-state index contributed by atoms with van der Waals surface area (Å²) < 4.78 is 0. The summed E-state index contributed by atoms with van der Waals surface area (Å²) in [5, 5.41) is 8.99. The molecule has 0 aliphatic heterocycles. The molecule has 3 N–H and O–H groups in total. The lowest BCUT2D eigenvalue weighted by Gasteiger charge is -2.11. The van der Waals surface area contributed by atoms with Crippen molar-refractivity contribution in [2.75, 3.05) is 25.4 Å².